The Morgan fingerprint density at radius 3 is 2.90 bits per heavy atom. The van der Waals surface area contributed by atoms with Crippen LogP contribution in [0.5, 0.6) is 0 Å². The van der Waals surface area contributed by atoms with Crippen molar-refractivity contribution in [3.8, 4) is 0 Å². The summed E-state index contributed by atoms with van der Waals surface area (Å²) in [6.07, 6.45) is -4.21. The van der Waals surface area contributed by atoms with Crippen LogP contribution in [0.15, 0.2) is 4.52 Å². The number of carbonyl (C=O) groups is 1. The molecule has 10 heteroatoms. The molecule has 0 aliphatic carbocycles. The third kappa shape index (κ3) is 4.46. The Bertz CT molecular complexity index is 463. The van der Waals surface area contributed by atoms with Crippen molar-refractivity contribution in [2.45, 2.75) is 25.2 Å². The summed E-state index contributed by atoms with van der Waals surface area (Å²) in [4.78, 5) is 15.3. The molecule has 0 aromatic carbocycles. The zero-order chi connectivity index (χ0) is 14.6. The summed E-state index contributed by atoms with van der Waals surface area (Å²) in [5.74, 6) is 0.00921. The van der Waals surface area contributed by atoms with E-state index in [0.29, 0.717) is 13.1 Å². The van der Waals surface area contributed by atoms with E-state index < -0.39 is 25.4 Å². The Morgan fingerprint density at radius 1 is 1.40 bits per heavy atom. The van der Waals surface area contributed by atoms with Gasteiger partial charge in [0.05, 0.1) is 12.5 Å². The highest BCUT2D eigenvalue weighted by Gasteiger charge is 2.28. The van der Waals surface area contributed by atoms with Crippen LogP contribution in [0.25, 0.3) is 0 Å². The number of amides is 1. The Hall–Kier alpha value is -1.68. The van der Waals surface area contributed by atoms with Crippen LogP contribution in [0.2, 0.25) is 0 Å². The van der Waals surface area contributed by atoms with E-state index in [2.05, 4.69) is 25.5 Å². The molecule has 0 saturated carbocycles. The van der Waals surface area contributed by atoms with Crippen LogP contribution in [-0.4, -0.2) is 48.0 Å². The van der Waals surface area contributed by atoms with Crippen LogP contribution in [0, 0.1) is 0 Å². The van der Waals surface area contributed by atoms with Gasteiger partial charge in [-0.1, -0.05) is 5.16 Å². The van der Waals surface area contributed by atoms with E-state index in [4.69, 9.17) is 4.52 Å². The summed E-state index contributed by atoms with van der Waals surface area (Å²) in [6, 6.07) is -0.479. The predicted octanol–water partition coefficient (Wildman–Crippen LogP) is -0.221. The van der Waals surface area contributed by atoms with E-state index in [1.807, 2.05) is 0 Å². The van der Waals surface area contributed by atoms with E-state index in [0.717, 1.165) is 0 Å². The smallest absolute Gasteiger partial charge is 0.364 e. The average molecular weight is 294 g/mol. The molecule has 1 amide bonds. The fourth-order valence-corrected chi connectivity index (χ4v) is 1.68. The molecule has 0 radical (unpaired) electrons. The molecule has 1 aliphatic rings. The number of ether oxygens (including phenoxy) is 1. The van der Waals surface area contributed by atoms with E-state index in [1.54, 1.807) is 0 Å². The normalized spacial score (nSPS) is 19.9. The number of piperazine rings is 1. The van der Waals surface area contributed by atoms with Gasteiger partial charge >= 0.3 is 6.18 Å². The van der Waals surface area contributed by atoms with Crippen molar-refractivity contribution in [2.75, 3.05) is 19.7 Å². The Kier molecular flexibility index (Phi) is 4.55. The molecule has 2 heterocycles. The molecule has 112 valence electrons. The standard InChI is InChI=1S/C10H13F3N4O3/c11-10(12,13)5-19-4-7-16-8(20-17-7)3-6-9(18)15-2-1-14-6/h6,14H,1-5H2,(H,15,18). The summed E-state index contributed by atoms with van der Waals surface area (Å²) in [5.41, 5.74) is 0. The van der Waals surface area contributed by atoms with Crippen molar-refractivity contribution in [1.29, 1.82) is 0 Å². The highest BCUT2D eigenvalue weighted by molar-refractivity contribution is 5.82. The van der Waals surface area contributed by atoms with Gasteiger partial charge in [0.1, 0.15) is 13.2 Å². The quantitative estimate of drug-likeness (QED) is 0.780. The van der Waals surface area contributed by atoms with Gasteiger partial charge in [-0.2, -0.15) is 18.2 Å². The molecule has 1 aliphatic heterocycles. The fourth-order valence-electron chi connectivity index (χ4n) is 1.68. The van der Waals surface area contributed by atoms with Gasteiger partial charge in [0.2, 0.25) is 11.8 Å². The van der Waals surface area contributed by atoms with Crippen LogP contribution in [0.1, 0.15) is 11.7 Å². The average Bonchev–Trinajstić information content (AvgIpc) is 2.78. The third-order valence-electron chi connectivity index (χ3n) is 2.52. The topological polar surface area (TPSA) is 89.3 Å². The summed E-state index contributed by atoms with van der Waals surface area (Å²) < 4.78 is 44.9. The van der Waals surface area contributed by atoms with E-state index in [-0.39, 0.29) is 24.0 Å². The lowest BCUT2D eigenvalue weighted by Crippen LogP contribution is -2.53. The molecule has 1 unspecified atom stereocenters. The molecule has 0 spiro atoms. The number of nitrogens with zero attached hydrogens (tertiary/aromatic N) is 2. The highest BCUT2D eigenvalue weighted by atomic mass is 19.4. The van der Waals surface area contributed by atoms with E-state index in [1.165, 1.54) is 0 Å². The van der Waals surface area contributed by atoms with Crippen molar-refractivity contribution in [2.24, 2.45) is 0 Å². The molecular weight excluding hydrogens is 281 g/mol. The summed E-state index contributed by atoms with van der Waals surface area (Å²) in [6.45, 7) is -0.585. The predicted molar refractivity (Wildman–Crippen MR) is 58.5 cm³/mol. The molecule has 1 aromatic heterocycles. The monoisotopic (exact) mass is 294 g/mol. The fraction of sp³-hybridized carbons (Fsp3) is 0.700. The van der Waals surface area contributed by atoms with Gasteiger partial charge in [0, 0.05) is 13.1 Å². The van der Waals surface area contributed by atoms with Gasteiger partial charge in [-0.25, -0.2) is 0 Å². The first-order valence-corrected chi connectivity index (χ1v) is 5.91. The van der Waals surface area contributed by atoms with Crippen LogP contribution in [0.3, 0.4) is 0 Å². The second kappa shape index (κ2) is 6.18. The molecule has 2 N–H and O–H groups in total. The molecule has 1 atom stereocenters. The number of carbonyl (C=O) groups excluding carboxylic acids is 1. The second-order valence-electron chi connectivity index (χ2n) is 4.21. The van der Waals surface area contributed by atoms with Crippen molar-refractivity contribution in [3.63, 3.8) is 0 Å². The number of aromatic nitrogens is 2. The Morgan fingerprint density at radius 2 is 2.20 bits per heavy atom. The maximum Gasteiger partial charge on any atom is 0.411 e. The first kappa shape index (κ1) is 14.7. The molecule has 1 saturated heterocycles. The minimum Gasteiger partial charge on any atom is -0.364 e. The van der Waals surface area contributed by atoms with Gasteiger partial charge in [0.15, 0.2) is 5.82 Å². The van der Waals surface area contributed by atoms with Crippen LogP contribution in [0.4, 0.5) is 13.2 Å². The molecule has 0 bridgehead atoms. The third-order valence-corrected chi connectivity index (χ3v) is 2.52. The summed E-state index contributed by atoms with van der Waals surface area (Å²) >= 11 is 0. The van der Waals surface area contributed by atoms with Crippen molar-refractivity contribution in [3.05, 3.63) is 11.7 Å². The minimum atomic E-state index is -4.39. The zero-order valence-electron chi connectivity index (χ0n) is 10.4. The van der Waals surface area contributed by atoms with Crippen molar-refractivity contribution < 1.29 is 27.2 Å². The van der Waals surface area contributed by atoms with Gasteiger partial charge in [0.25, 0.3) is 0 Å². The van der Waals surface area contributed by atoms with Gasteiger partial charge in [-0.3, -0.25) is 4.79 Å². The van der Waals surface area contributed by atoms with Crippen LogP contribution in [-0.2, 0) is 22.6 Å². The maximum atomic E-state index is 11.9. The minimum absolute atomic E-state index is 0.0143. The molecule has 2 rings (SSSR count). The van der Waals surface area contributed by atoms with E-state index in [9.17, 15) is 18.0 Å². The molecule has 20 heavy (non-hydrogen) atoms. The number of hydrogen-bond donors (Lipinski definition) is 2. The molecular formula is C10H13F3N4O3. The van der Waals surface area contributed by atoms with Crippen LogP contribution < -0.4 is 10.6 Å². The number of hydrogen-bond acceptors (Lipinski definition) is 6. The summed E-state index contributed by atoms with van der Waals surface area (Å²) in [5, 5.41) is 9.13. The van der Waals surface area contributed by atoms with Crippen molar-refractivity contribution >= 4 is 5.91 Å². The lowest BCUT2D eigenvalue weighted by Gasteiger charge is -2.21. The number of rotatable bonds is 5. The zero-order valence-corrected chi connectivity index (χ0v) is 10.4. The first-order valence-electron chi connectivity index (χ1n) is 5.91. The lowest BCUT2D eigenvalue weighted by molar-refractivity contribution is -0.177. The van der Waals surface area contributed by atoms with Gasteiger partial charge in [-0.05, 0) is 0 Å². The SMILES string of the molecule is O=C1NCCNC1Cc1nc(COCC(F)(F)F)no1. The largest absolute Gasteiger partial charge is 0.411 e. The van der Waals surface area contributed by atoms with Gasteiger partial charge < -0.3 is 19.9 Å². The molecule has 7 nitrogen and oxygen atoms in total. The Balaban J connectivity index is 1.81. The number of nitrogens with one attached hydrogen (secondary N) is 2. The van der Waals surface area contributed by atoms with Gasteiger partial charge in [-0.15, -0.1) is 0 Å². The van der Waals surface area contributed by atoms with Crippen molar-refractivity contribution in [1.82, 2.24) is 20.8 Å². The lowest BCUT2D eigenvalue weighted by atomic mass is 10.1. The first-order chi connectivity index (χ1) is 9.44. The second-order valence-corrected chi connectivity index (χ2v) is 4.21. The van der Waals surface area contributed by atoms with E-state index >= 15 is 0 Å². The number of alkyl halides is 3. The molecule has 1 fully saturated rings. The molecule has 1 aromatic rings. The Labute approximate surface area is 111 Å². The summed E-state index contributed by atoms with van der Waals surface area (Å²) in [7, 11) is 0. The maximum absolute atomic E-state index is 11.9. The van der Waals surface area contributed by atoms with Crippen LogP contribution >= 0.6 is 0 Å². The number of halogens is 3. The highest BCUT2D eigenvalue weighted by Crippen LogP contribution is 2.15.